The van der Waals surface area contributed by atoms with Crippen LogP contribution in [0.15, 0.2) is 18.2 Å². The Morgan fingerprint density at radius 1 is 1.67 bits per heavy atom. The fourth-order valence-electron chi connectivity index (χ4n) is 1.30. The summed E-state index contributed by atoms with van der Waals surface area (Å²) in [6.45, 7) is 1.70. The van der Waals surface area contributed by atoms with Crippen LogP contribution in [0.1, 0.15) is 13.3 Å². The van der Waals surface area contributed by atoms with Gasteiger partial charge in [-0.25, -0.2) is 5.84 Å². The van der Waals surface area contributed by atoms with Crippen LogP contribution in [0, 0.1) is 10.1 Å². The lowest BCUT2D eigenvalue weighted by Crippen LogP contribution is -2.41. The number of nitro groups is 1. The van der Waals surface area contributed by atoms with Crippen LogP contribution in [0.2, 0.25) is 5.02 Å². The van der Waals surface area contributed by atoms with Crippen LogP contribution in [0.4, 0.5) is 5.69 Å². The van der Waals surface area contributed by atoms with Gasteiger partial charge in [0.1, 0.15) is 0 Å². The molecule has 7 nitrogen and oxygen atoms in total. The van der Waals surface area contributed by atoms with Crippen molar-refractivity contribution in [2.45, 2.75) is 19.4 Å². The number of halogens is 1. The van der Waals surface area contributed by atoms with Crippen LogP contribution in [0.5, 0.6) is 5.75 Å². The highest BCUT2D eigenvalue weighted by atomic mass is 35.5. The second kappa shape index (κ2) is 6.18. The number of nitro benzene ring substituents is 1. The van der Waals surface area contributed by atoms with E-state index in [1.54, 1.807) is 6.92 Å². The highest BCUT2D eigenvalue weighted by molar-refractivity contribution is 6.30. The molecule has 0 aliphatic rings. The first-order valence-electron chi connectivity index (χ1n) is 5.10. The van der Waals surface area contributed by atoms with Gasteiger partial charge in [-0.05, 0) is 18.6 Å². The molecule has 0 saturated heterocycles. The number of hydrazine groups is 1. The van der Waals surface area contributed by atoms with Crippen LogP contribution in [0.3, 0.4) is 0 Å². The Morgan fingerprint density at radius 2 is 2.33 bits per heavy atom. The quantitative estimate of drug-likeness (QED) is 0.365. The maximum absolute atomic E-state index is 11.3. The summed E-state index contributed by atoms with van der Waals surface area (Å²) >= 11 is 5.66. The average Bonchev–Trinajstić information content (AvgIpc) is 2.36. The minimum absolute atomic E-state index is 0.0279. The molecule has 0 aliphatic heterocycles. The van der Waals surface area contributed by atoms with Crippen molar-refractivity contribution in [2.75, 3.05) is 0 Å². The molecule has 1 amide bonds. The van der Waals surface area contributed by atoms with E-state index in [1.807, 2.05) is 5.43 Å². The van der Waals surface area contributed by atoms with E-state index in [-0.39, 0.29) is 16.5 Å². The second-order valence-corrected chi connectivity index (χ2v) is 3.83. The molecule has 8 heteroatoms. The molecule has 98 valence electrons. The molecule has 1 atom stereocenters. The average molecular weight is 274 g/mol. The van der Waals surface area contributed by atoms with Gasteiger partial charge in [0, 0.05) is 11.1 Å². The van der Waals surface area contributed by atoms with E-state index in [0.717, 1.165) is 6.07 Å². The lowest BCUT2D eigenvalue weighted by Gasteiger charge is -2.15. The van der Waals surface area contributed by atoms with Crippen LogP contribution < -0.4 is 16.0 Å². The van der Waals surface area contributed by atoms with E-state index >= 15 is 0 Å². The monoisotopic (exact) mass is 273 g/mol. The minimum Gasteiger partial charge on any atom is -0.473 e. The van der Waals surface area contributed by atoms with Crippen LogP contribution in [-0.2, 0) is 4.79 Å². The van der Waals surface area contributed by atoms with E-state index in [0.29, 0.717) is 6.42 Å². The van der Waals surface area contributed by atoms with Gasteiger partial charge < -0.3 is 4.74 Å². The van der Waals surface area contributed by atoms with Crippen molar-refractivity contribution in [3.8, 4) is 5.75 Å². The maximum Gasteiger partial charge on any atom is 0.312 e. The van der Waals surface area contributed by atoms with Crippen molar-refractivity contribution in [3.05, 3.63) is 33.3 Å². The lowest BCUT2D eigenvalue weighted by atomic mass is 10.2. The number of nitrogens with zero attached hydrogens (tertiary/aromatic N) is 1. The first kappa shape index (κ1) is 14.2. The van der Waals surface area contributed by atoms with Gasteiger partial charge in [-0.15, -0.1) is 0 Å². The topological polar surface area (TPSA) is 107 Å². The lowest BCUT2D eigenvalue weighted by molar-refractivity contribution is -0.386. The first-order chi connectivity index (χ1) is 8.49. The Labute approximate surface area is 108 Å². The molecule has 0 heterocycles. The van der Waals surface area contributed by atoms with Crippen LogP contribution in [0.25, 0.3) is 0 Å². The van der Waals surface area contributed by atoms with Gasteiger partial charge in [-0.1, -0.05) is 18.5 Å². The van der Waals surface area contributed by atoms with Gasteiger partial charge in [0.15, 0.2) is 11.9 Å². The number of benzene rings is 1. The molecule has 0 aliphatic carbocycles. The number of nitrogens with one attached hydrogen (secondary N) is 1. The van der Waals surface area contributed by atoms with Crippen molar-refractivity contribution in [1.82, 2.24) is 5.43 Å². The molecule has 1 unspecified atom stereocenters. The summed E-state index contributed by atoms with van der Waals surface area (Å²) in [6, 6.07) is 3.94. The molecule has 0 fully saturated rings. The van der Waals surface area contributed by atoms with E-state index in [9.17, 15) is 14.9 Å². The van der Waals surface area contributed by atoms with E-state index < -0.39 is 16.9 Å². The number of carbonyl (C=O) groups excluding carboxylic acids is 1. The fourth-order valence-corrected chi connectivity index (χ4v) is 1.47. The van der Waals surface area contributed by atoms with E-state index in [2.05, 4.69) is 0 Å². The summed E-state index contributed by atoms with van der Waals surface area (Å²) in [5.74, 6) is 4.41. The Kier molecular flexibility index (Phi) is 4.87. The molecule has 3 N–H and O–H groups in total. The molecule has 0 saturated carbocycles. The molecule has 1 rings (SSSR count). The number of hydrogen-bond acceptors (Lipinski definition) is 5. The Balaban J connectivity index is 3.02. The predicted octanol–water partition coefficient (Wildman–Crippen LogP) is 1.40. The van der Waals surface area contributed by atoms with Crippen molar-refractivity contribution in [2.24, 2.45) is 5.84 Å². The fraction of sp³-hybridized carbons (Fsp3) is 0.300. The molecule has 0 bridgehead atoms. The molecule has 0 radical (unpaired) electrons. The van der Waals surface area contributed by atoms with E-state index in [4.69, 9.17) is 22.2 Å². The van der Waals surface area contributed by atoms with Crippen molar-refractivity contribution in [3.63, 3.8) is 0 Å². The summed E-state index contributed by atoms with van der Waals surface area (Å²) in [5, 5.41) is 11.0. The standard InChI is InChI=1S/C10H12ClN3O4/c1-2-8(10(15)13-12)18-9-4-3-6(11)5-7(9)14(16)17/h3-5,8H,2,12H2,1H3,(H,13,15). The van der Waals surface area contributed by atoms with Gasteiger partial charge in [0.05, 0.1) is 4.92 Å². The number of carbonyl (C=O) groups is 1. The SMILES string of the molecule is CCC(Oc1ccc(Cl)cc1[N+](=O)[O-])C(=O)NN. The zero-order valence-electron chi connectivity index (χ0n) is 9.55. The summed E-state index contributed by atoms with van der Waals surface area (Å²) < 4.78 is 5.27. The normalized spacial score (nSPS) is 11.7. The molecule has 1 aromatic rings. The predicted molar refractivity (Wildman–Crippen MR) is 65.1 cm³/mol. The minimum atomic E-state index is -0.894. The largest absolute Gasteiger partial charge is 0.473 e. The zero-order valence-corrected chi connectivity index (χ0v) is 10.3. The number of hydrogen-bond donors (Lipinski definition) is 2. The number of nitrogens with two attached hydrogens (primary N) is 1. The number of amides is 1. The smallest absolute Gasteiger partial charge is 0.312 e. The van der Waals surface area contributed by atoms with Crippen LogP contribution in [-0.4, -0.2) is 16.9 Å². The molecule has 1 aromatic carbocycles. The molecule has 18 heavy (non-hydrogen) atoms. The summed E-state index contributed by atoms with van der Waals surface area (Å²) in [6.07, 6.45) is -0.571. The first-order valence-corrected chi connectivity index (χ1v) is 5.48. The van der Waals surface area contributed by atoms with Crippen molar-refractivity contribution >= 4 is 23.2 Å². The highest BCUT2D eigenvalue weighted by Gasteiger charge is 2.22. The Morgan fingerprint density at radius 3 is 2.83 bits per heavy atom. The Hall–Kier alpha value is -1.86. The molecular formula is C10H12ClN3O4. The molecular weight excluding hydrogens is 262 g/mol. The van der Waals surface area contributed by atoms with Crippen molar-refractivity contribution in [1.29, 1.82) is 0 Å². The summed E-state index contributed by atoms with van der Waals surface area (Å²) in [4.78, 5) is 21.5. The highest BCUT2D eigenvalue weighted by Crippen LogP contribution is 2.30. The van der Waals surface area contributed by atoms with E-state index in [1.165, 1.54) is 12.1 Å². The van der Waals surface area contributed by atoms with Gasteiger partial charge in [0.2, 0.25) is 0 Å². The third-order valence-corrected chi connectivity index (χ3v) is 2.43. The Bertz CT molecular complexity index is 466. The van der Waals surface area contributed by atoms with Gasteiger partial charge in [-0.2, -0.15) is 0 Å². The molecule has 0 spiro atoms. The van der Waals surface area contributed by atoms with Crippen LogP contribution >= 0.6 is 11.6 Å². The van der Waals surface area contributed by atoms with Gasteiger partial charge in [0.25, 0.3) is 5.91 Å². The second-order valence-electron chi connectivity index (χ2n) is 3.39. The van der Waals surface area contributed by atoms with Gasteiger partial charge in [-0.3, -0.25) is 20.3 Å². The third kappa shape index (κ3) is 3.31. The third-order valence-electron chi connectivity index (χ3n) is 2.19. The van der Waals surface area contributed by atoms with Crippen molar-refractivity contribution < 1.29 is 14.5 Å². The number of ether oxygens (including phenoxy) is 1. The summed E-state index contributed by atoms with van der Waals surface area (Å²) in [7, 11) is 0. The maximum atomic E-state index is 11.3. The van der Waals surface area contributed by atoms with Gasteiger partial charge >= 0.3 is 5.69 Å². The molecule has 0 aromatic heterocycles. The summed E-state index contributed by atoms with van der Waals surface area (Å²) in [5.41, 5.74) is 1.64. The number of rotatable bonds is 5. The zero-order chi connectivity index (χ0) is 13.7.